The van der Waals surface area contributed by atoms with Gasteiger partial charge in [0.15, 0.2) is 0 Å². The zero-order chi connectivity index (χ0) is 16.2. The standard InChI is InChI=1S/2C10H12O/c2*1-3-4-9-5-7-10(11-2)8-6-9/h2*3,5-8H,1,4H2,2H3. The minimum atomic E-state index is 0.901. The van der Waals surface area contributed by atoms with Crippen LogP contribution in [0.4, 0.5) is 0 Å². The summed E-state index contributed by atoms with van der Waals surface area (Å²) in [6, 6.07) is 16.0. The topological polar surface area (TPSA) is 18.5 Å². The van der Waals surface area contributed by atoms with Gasteiger partial charge in [0.1, 0.15) is 11.5 Å². The lowest BCUT2D eigenvalue weighted by Gasteiger charge is -1.99. The summed E-state index contributed by atoms with van der Waals surface area (Å²) in [5.41, 5.74) is 2.53. The van der Waals surface area contributed by atoms with Gasteiger partial charge in [-0.3, -0.25) is 0 Å². The van der Waals surface area contributed by atoms with Crippen molar-refractivity contribution in [1.82, 2.24) is 0 Å². The molecular weight excluding hydrogens is 272 g/mol. The summed E-state index contributed by atoms with van der Waals surface area (Å²) >= 11 is 0. The van der Waals surface area contributed by atoms with E-state index < -0.39 is 0 Å². The summed E-state index contributed by atoms with van der Waals surface area (Å²) in [4.78, 5) is 0. The van der Waals surface area contributed by atoms with E-state index in [1.165, 1.54) is 11.1 Å². The SMILES string of the molecule is C=CCc1ccc(OC)cc1.C=CCc1ccc(OC)cc1. The first kappa shape index (κ1) is 17.6. The predicted molar refractivity (Wildman–Crippen MR) is 93.8 cm³/mol. The van der Waals surface area contributed by atoms with Crippen molar-refractivity contribution in [3.63, 3.8) is 0 Å². The molecule has 0 saturated carbocycles. The van der Waals surface area contributed by atoms with Crippen LogP contribution in [-0.4, -0.2) is 14.2 Å². The molecule has 0 spiro atoms. The summed E-state index contributed by atoms with van der Waals surface area (Å²) in [5, 5.41) is 0. The molecule has 0 unspecified atom stereocenters. The summed E-state index contributed by atoms with van der Waals surface area (Å²) in [5.74, 6) is 1.80. The normalized spacial score (nSPS) is 9.18. The molecule has 2 aromatic carbocycles. The Balaban J connectivity index is 0.000000220. The molecule has 0 radical (unpaired) electrons. The van der Waals surface area contributed by atoms with Crippen LogP contribution in [0, 0.1) is 0 Å². The molecule has 2 heteroatoms. The Labute approximate surface area is 133 Å². The second-order valence-electron chi connectivity index (χ2n) is 4.68. The summed E-state index contributed by atoms with van der Waals surface area (Å²) < 4.78 is 10.0. The fourth-order valence-electron chi connectivity index (χ4n) is 1.86. The van der Waals surface area contributed by atoms with Crippen molar-refractivity contribution in [3.05, 3.63) is 85.0 Å². The third-order valence-electron chi connectivity index (χ3n) is 3.08. The second kappa shape index (κ2) is 10.3. The Hall–Kier alpha value is -2.48. The van der Waals surface area contributed by atoms with E-state index in [0.29, 0.717) is 0 Å². The van der Waals surface area contributed by atoms with Gasteiger partial charge in [0.2, 0.25) is 0 Å². The van der Waals surface area contributed by atoms with Crippen molar-refractivity contribution in [1.29, 1.82) is 0 Å². The molecule has 22 heavy (non-hydrogen) atoms. The van der Waals surface area contributed by atoms with Crippen molar-refractivity contribution in [2.45, 2.75) is 12.8 Å². The van der Waals surface area contributed by atoms with E-state index in [1.807, 2.05) is 60.7 Å². The van der Waals surface area contributed by atoms with Crippen LogP contribution in [0.3, 0.4) is 0 Å². The molecule has 0 bridgehead atoms. The fourth-order valence-corrected chi connectivity index (χ4v) is 1.86. The third kappa shape index (κ3) is 6.31. The summed E-state index contributed by atoms with van der Waals surface area (Å²) in [6.45, 7) is 7.33. The molecule has 0 atom stereocenters. The molecule has 0 fully saturated rings. The highest BCUT2D eigenvalue weighted by molar-refractivity contribution is 5.28. The largest absolute Gasteiger partial charge is 0.497 e. The highest BCUT2D eigenvalue weighted by Crippen LogP contribution is 2.12. The van der Waals surface area contributed by atoms with Crippen LogP contribution in [0.15, 0.2) is 73.8 Å². The van der Waals surface area contributed by atoms with Gasteiger partial charge in [-0.15, -0.1) is 13.2 Å². The maximum Gasteiger partial charge on any atom is 0.118 e. The van der Waals surface area contributed by atoms with E-state index in [1.54, 1.807) is 14.2 Å². The minimum absolute atomic E-state index is 0.901. The lowest BCUT2D eigenvalue weighted by atomic mass is 10.1. The number of methoxy groups -OCH3 is 2. The average Bonchev–Trinajstić information content (AvgIpc) is 2.57. The molecule has 0 aliphatic heterocycles. The second-order valence-corrected chi connectivity index (χ2v) is 4.68. The quantitative estimate of drug-likeness (QED) is 0.710. The van der Waals surface area contributed by atoms with Crippen molar-refractivity contribution >= 4 is 0 Å². The Morgan fingerprint density at radius 2 is 1.00 bits per heavy atom. The molecule has 116 valence electrons. The van der Waals surface area contributed by atoms with Gasteiger partial charge in [-0.2, -0.15) is 0 Å². The molecule has 0 aliphatic rings. The Morgan fingerprint density at radius 3 is 1.23 bits per heavy atom. The first-order valence-corrected chi connectivity index (χ1v) is 7.21. The van der Waals surface area contributed by atoms with Gasteiger partial charge in [0.25, 0.3) is 0 Å². The van der Waals surface area contributed by atoms with Crippen LogP contribution in [0.2, 0.25) is 0 Å². The van der Waals surface area contributed by atoms with Gasteiger partial charge < -0.3 is 9.47 Å². The maximum absolute atomic E-state index is 5.02. The Kier molecular flexibility index (Phi) is 8.21. The molecule has 0 saturated heterocycles. The van der Waals surface area contributed by atoms with Gasteiger partial charge in [-0.05, 0) is 48.2 Å². The Morgan fingerprint density at radius 1 is 0.682 bits per heavy atom. The molecule has 0 heterocycles. The van der Waals surface area contributed by atoms with Crippen molar-refractivity contribution in [2.75, 3.05) is 14.2 Å². The number of hydrogen-bond acceptors (Lipinski definition) is 2. The number of benzene rings is 2. The van der Waals surface area contributed by atoms with Crippen LogP contribution in [0.25, 0.3) is 0 Å². The fraction of sp³-hybridized carbons (Fsp3) is 0.200. The van der Waals surface area contributed by atoms with E-state index in [2.05, 4.69) is 13.2 Å². The zero-order valence-corrected chi connectivity index (χ0v) is 13.4. The smallest absolute Gasteiger partial charge is 0.118 e. The van der Waals surface area contributed by atoms with Crippen LogP contribution in [-0.2, 0) is 12.8 Å². The first-order chi connectivity index (χ1) is 10.7. The van der Waals surface area contributed by atoms with Gasteiger partial charge in [0.05, 0.1) is 14.2 Å². The highest BCUT2D eigenvalue weighted by Gasteiger charge is 1.91. The molecular formula is C20H24O2. The maximum atomic E-state index is 5.02. The first-order valence-electron chi connectivity index (χ1n) is 7.21. The molecule has 0 aliphatic carbocycles. The highest BCUT2D eigenvalue weighted by atomic mass is 16.5. The van der Waals surface area contributed by atoms with Crippen LogP contribution in [0.5, 0.6) is 11.5 Å². The molecule has 0 amide bonds. The van der Waals surface area contributed by atoms with Crippen molar-refractivity contribution in [3.8, 4) is 11.5 Å². The van der Waals surface area contributed by atoms with Gasteiger partial charge in [0, 0.05) is 0 Å². The lowest BCUT2D eigenvalue weighted by Crippen LogP contribution is -1.83. The Bertz CT molecular complexity index is 500. The number of rotatable bonds is 6. The van der Waals surface area contributed by atoms with E-state index >= 15 is 0 Å². The number of ether oxygens (including phenoxy) is 2. The van der Waals surface area contributed by atoms with Crippen LogP contribution >= 0.6 is 0 Å². The van der Waals surface area contributed by atoms with Gasteiger partial charge in [-0.1, -0.05) is 36.4 Å². The summed E-state index contributed by atoms with van der Waals surface area (Å²) in [7, 11) is 3.34. The molecule has 2 rings (SSSR count). The van der Waals surface area contributed by atoms with E-state index in [4.69, 9.17) is 9.47 Å². The molecule has 0 aromatic heterocycles. The minimum Gasteiger partial charge on any atom is -0.497 e. The van der Waals surface area contributed by atoms with Crippen molar-refractivity contribution in [2.24, 2.45) is 0 Å². The third-order valence-corrected chi connectivity index (χ3v) is 3.08. The zero-order valence-electron chi connectivity index (χ0n) is 13.4. The molecule has 2 aromatic rings. The average molecular weight is 296 g/mol. The van der Waals surface area contributed by atoms with Gasteiger partial charge >= 0.3 is 0 Å². The van der Waals surface area contributed by atoms with Crippen LogP contribution < -0.4 is 9.47 Å². The molecule has 2 nitrogen and oxygen atoms in total. The van der Waals surface area contributed by atoms with Gasteiger partial charge in [-0.25, -0.2) is 0 Å². The number of allylic oxidation sites excluding steroid dienone is 2. The monoisotopic (exact) mass is 296 g/mol. The van der Waals surface area contributed by atoms with E-state index in [-0.39, 0.29) is 0 Å². The van der Waals surface area contributed by atoms with E-state index in [0.717, 1.165) is 24.3 Å². The van der Waals surface area contributed by atoms with Crippen LogP contribution in [0.1, 0.15) is 11.1 Å². The van der Waals surface area contributed by atoms with E-state index in [9.17, 15) is 0 Å². The summed E-state index contributed by atoms with van der Waals surface area (Å²) in [6.07, 6.45) is 5.62. The predicted octanol–water partition coefficient (Wildman–Crippen LogP) is 4.85. The molecule has 0 N–H and O–H groups in total. The lowest BCUT2D eigenvalue weighted by molar-refractivity contribution is 0.414. The number of hydrogen-bond donors (Lipinski definition) is 0. The van der Waals surface area contributed by atoms with Crippen molar-refractivity contribution < 1.29 is 9.47 Å².